The molecule has 2 unspecified atom stereocenters. The number of hydrogen-bond acceptors (Lipinski definition) is 4. The van der Waals surface area contributed by atoms with Crippen LogP contribution in [0.5, 0.6) is 0 Å². The molecule has 26 heavy (non-hydrogen) atoms. The van der Waals surface area contributed by atoms with Gasteiger partial charge in [0.1, 0.15) is 6.10 Å². The first-order valence-corrected chi connectivity index (χ1v) is 13.4. The molecule has 1 aromatic heterocycles. The van der Waals surface area contributed by atoms with Gasteiger partial charge in [-0.05, 0) is 36.5 Å². The Balaban J connectivity index is 1.65. The number of aromatic nitrogens is 3. The number of fused-ring (bicyclic) bond motifs is 1. The smallest absolute Gasteiger partial charge is 0.209 e. The van der Waals surface area contributed by atoms with Crippen molar-refractivity contribution < 1.29 is 4.43 Å². The monoisotopic (exact) mass is 387 g/mol. The Morgan fingerprint density at radius 1 is 1.15 bits per heavy atom. The normalized spacial score (nSPS) is 23.3. The molecule has 1 aliphatic carbocycles. The van der Waals surface area contributed by atoms with Crippen molar-refractivity contribution in [3.8, 4) is 0 Å². The average molecular weight is 388 g/mol. The van der Waals surface area contributed by atoms with E-state index in [1.54, 1.807) is 0 Å². The van der Waals surface area contributed by atoms with Gasteiger partial charge in [-0.1, -0.05) is 62.9 Å². The summed E-state index contributed by atoms with van der Waals surface area (Å²) in [6.45, 7) is 11.5. The van der Waals surface area contributed by atoms with Crippen LogP contribution in [0.1, 0.15) is 63.6 Å². The van der Waals surface area contributed by atoms with Gasteiger partial charge >= 0.3 is 0 Å². The van der Waals surface area contributed by atoms with Gasteiger partial charge in [-0.2, -0.15) is 0 Å². The Labute approximate surface area is 161 Å². The maximum atomic E-state index is 6.78. The molecule has 2 heterocycles. The van der Waals surface area contributed by atoms with Crippen LogP contribution < -0.4 is 0 Å². The van der Waals surface area contributed by atoms with E-state index in [1.165, 1.54) is 18.4 Å². The highest BCUT2D eigenvalue weighted by atomic mass is 32.2. The lowest BCUT2D eigenvalue weighted by Crippen LogP contribution is -2.41. The first-order chi connectivity index (χ1) is 12.2. The van der Waals surface area contributed by atoms with Crippen LogP contribution in [0.15, 0.2) is 35.5 Å². The highest BCUT2D eigenvalue weighted by molar-refractivity contribution is 8.00. The molecule has 4 rings (SSSR count). The van der Waals surface area contributed by atoms with Crippen molar-refractivity contribution in [1.29, 1.82) is 0 Å². The van der Waals surface area contributed by atoms with Crippen molar-refractivity contribution in [2.45, 2.75) is 80.7 Å². The Kier molecular flexibility index (Phi) is 4.56. The van der Waals surface area contributed by atoms with Crippen LogP contribution >= 0.6 is 11.8 Å². The fourth-order valence-electron chi connectivity index (χ4n) is 3.14. The summed E-state index contributed by atoms with van der Waals surface area (Å²) < 4.78 is 8.92. The van der Waals surface area contributed by atoms with E-state index in [0.29, 0.717) is 5.25 Å². The van der Waals surface area contributed by atoms with Crippen LogP contribution in [0.25, 0.3) is 0 Å². The minimum Gasteiger partial charge on any atom is -0.407 e. The van der Waals surface area contributed by atoms with Crippen molar-refractivity contribution >= 4 is 20.1 Å². The third-order valence-corrected chi connectivity index (χ3v) is 11.6. The molecular weight excluding hydrogens is 358 g/mol. The number of hydrogen-bond donors (Lipinski definition) is 0. The standard InChI is InChI=1S/C20H29N3OSSi/c1-20(2,3)26(4,5)24-17-13-16(14-9-7-6-8-10-14)23-18(17)21-19(22-23)25-15-11-12-15/h6-10,15-17H,11-13H2,1-5H3. The van der Waals surface area contributed by atoms with Gasteiger partial charge in [-0.3, -0.25) is 0 Å². The third kappa shape index (κ3) is 3.51. The maximum absolute atomic E-state index is 6.78. The molecular formula is C20H29N3OSSi. The second-order valence-corrected chi connectivity index (χ2v) is 15.1. The summed E-state index contributed by atoms with van der Waals surface area (Å²) in [5.74, 6) is 1.02. The van der Waals surface area contributed by atoms with Gasteiger partial charge in [0.15, 0.2) is 14.1 Å². The molecule has 0 spiro atoms. The van der Waals surface area contributed by atoms with E-state index in [-0.39, 0.29) is 17.2 Å². The highest BCUT2D eigenvalue weighted by Crippen LogP contribution is 2.47. The molecule has 0 amide bonds. The van der Waals surface area contributed by atoms with Crippen LogP contribution in [0.3, 0.4) is 0 Å². The summed E-state index contributed by atoms with van der Waals surface area (Å²) in [7, 11) is -1.87. The predicted molar refractivity (Wildman–Crippen MR) is 109 cm³/mol. The maximum Gasteiger partial charge on any atom is 0.209 e. The molecule has 1 fully saturated rings. The summed E-state index contributed by atoms with van der Waals surface area (Å²) in [4.78, 5) is 4.91. The molecule has 0 bridgehead atoms. The van der Waals surface area contributed by atoms with Crippen LogP contribution in [0.4, 0.5) is 0 Å². The largest absolute Gasteiger partial charge is 0.407 e. The van der Waals surface area contributed by atoms with E-state index in [4.69, 9.17) is 14.5 Å². The zero-order valence-electron chi connectivity index (χ0n) is 16.4. The third-order valence-electron chi connectivity index (χ3n) is 5.88. The van der Waals surface area contributed by atoms with Gasteiger partial charge < -0.3 is 4.43 Å². The van der Waals surface area contributed by atoms with Gasteiger partial charge in [0.25, 0.3) is 0 Å². The fourth-order valence-corrected chi connectivity index (χ4v) is 5.36. The van der Waals surface area contributed by atoms with Gasteiger partial charge in [-0.25, -0.2) is 9.67 Å². The zero-order valence-corrected chi connectivity index (χ0v) is 18.2. The quantitative estimate of drug-likeness (QED) is 0.627. The van der Waals surface area contributed by atoms with Crippen LogP contribution in [0.2, 0.25) is 18.1 Å². The van der Waals surface area contributed by atoms with Gasteiger partial charge in [0, 0.05) is 11.7 Å². The molecule has 1 saturated carbocycles. The molecule has 140 valence electrons. The van der Waals surface area contributed by atoms with Crippen molar-refractivity contribution in [2.24, 2.45) is 0 Å². The molecule has 0 saturated heterocycles. The van der Waals surface area contributed by atoms with Crippen molar-refractivity contribution in [1.82, 2.24) is 14.8 Å². The number of benzene rings is 1. The number of thioether (sulfide) groups is 1. The Morgan fingerprint density at radius 3 is 2.46 bits per heavy atom. The van der Waals surface area contributed by atoms with E-state index >= 15 is 0 Å². The Bertz CT molecular complexity index is 780. The summed E-state index contributed by atoms with van der Waals surface area (Å²) in [6.07, 6.45) is 3.56. The molecule has 6 heteroatoms. The Hall–Kier alpha value is -1.11. The molecule has 0 radical (unpaired) electrons. The van der Waals surface area contributed by atoms with E-state index in [0.717, 1.165) is 17.4 Å². The predicted octanol–water partition coefficient (Wildman–Crippen LogP) is 5.59. The lowest BCUT2D eigenvalue weighted by atomic mass is 10.0. The zero-order chi connectivity index (χ0) is 18.5. The average Bonchev–Trinajstić information content (AvgIpc) is 3.19. The lowest BCUT2D eigenvalue weighted by Gasteiger charge is -2.38. The van der Waals surface area contributed by atoms with E-state index < -0.39 is 8.32 Å². The minimum absolute atomic E-state index is 0.0437. The molecule has 1 aromatic carbocycles. The first kappa shape index (κ1) is 18.3. The number of nitrogens with zero attached hydrogens (tertiary/aromatic N) is 3. The number of rotatable bonds is 5. The second-order valence-electron chi connectivity index (χ2n) is 9.04. The SMILES string of the molecule is CC(C)(C)[Si](C)(C)OC1CC(c2ccccc2)n2nc(SC3CC3)nc21. The van der Waals surface area contributed by atoms with Crippen molar-refractivity contribution in [3.05, 3.63) is 41.7 Å². The molecule has 4 nitrogen and oxygen atoms in total. The van der Waals surface area contributed by atoms with Gasteiger partial charge in [0.2, 0.25) is 5.16 Å². The molecule has 2 atom stereocenters. The van der Waals surface area contributed by atoms with Gasteiger partial charge in [-0.15, -0.1) is 5.10 Å². The van der Waals surface area contributed by atoms with E-state index in [9.17, 15) is 0 Å². The molecule has 0 N–H and O–H groups in total. The summed E-state index contributed by atoms with van der Waals surface area (Å²) in [5, 5.41) is 6.70. The van der Waals surface area contributed by atoms with Crippen LogP contribution in [-0.2, 0) is 4.43 Å². The molecule has 2 aromatic rings. The summed E-state index contributed by atoms with van der Waals surface area (Å²) >= 11 is 1.83. The second kappa shape index (κ2) is 6.50. The van der Waals surface area contributed by atoms with Crippen LogP contribution in [-0.4, -0.2) is 28.3 Å². The summed E-state index contributed by atoms with van der Waals surface area (Å²) in [6, 6.07) is 10.9. The minimum atomic E-state index is -1.87. The van der Waals surface area contributed by atoms with Gasteiger partial charge in [0.05, 0.1) is 6.04 Å². The van der Waals surface area contributed by atoms with Crippen molar-refractivity contribution in [3.63, 3.8) is 0 Å². The molecule has 1 aliphatic heterocycles. The topological polar surface area (TPSA) is 39.9 Å². The lowest BCUT2D eigenvalue weighted by molar-refractivity contribution is 0.177. The first-order valence-electron chi connectivity index (χ1n) is 9.60. The van der Waals surface area contributed by atoms with E-state index in [1.807, 2.05) is 11.8 Å². The van der Waals surface area contributed by atoms with E-state index in [2.05, 4.69) is 68.9 Å². The molecule has 2 aliphatic rings. The summed E-state index contributed by atoms with van der Waals surface area (Å²) in [5.41, 5.74) is 1.29. The Morgan fingerprint density at radius 2 is 1.85 bits per heavy atom. The van der Waals surface area contributed by atoms with Crippen LogP contribution in [0, 0.1) is 0 Å². The highest BCUT2D eigenvalue weighted by Gasteiger charge is 2.44. The van der Waals surface area contributed by atoms with Crippen molar-refractivity contribution in [2.75, 3.05) is 0 Å². The fraction of sp³-hybridized carbons (Fsp3) is 0.600.